The molecule has 2 rings (SSSR count). The first kappa shape index (κ1) is 12.6. The summed E-state index contributed by atoms with van der Waals surface area (Å²) in [6.45, 7) is 2.53. The third-order valence-electron chi connectivity index (χ3n) is 3.96. The lowest BCUT2D eigenvalue weighted by molar-refractivity contribution is 0.272. The van der Waals surface area contributed by atoms with Crippen molar-refractivity contribution in [3.8, 4) is 0 Å². The summed E-state index contributed by atoms with van der Waals surface area (Å²) in [6, 6.07) is 7.02. The summed E-state index contributed by atoms with van der Waals surface area (Å²) in [6.07, 6.45) is 8.50. The first-order chi connectivity index (χ1) is 8.35. The molecule has 0 saturated carbocycles. The second-order valence-electron chi connectivity index (χ2n) is 5.23. The average molecular weight is 232 g/mol. The third kappa shape index (κ3) is 3.10. The van der Waals surface area contributed by atoms with Crippen molar-refractivity contribution in [1.29, 1.82) is 0 Å². The molecule has 0 bridgehead atoms. The van der Waals surface area contributed by atoms with Crippen LogP contribution in [0.5, 0.6) is 0 Å². The third-order valence-corrected chi connectivity index (χ3v) is 3.96. The normalized spacial score (nSPS) is 16.6. The summed E-state index contributed by atoms with van der Waals surface area (Å²) in [4.78, 5) is 0. The van der Waals surface area contributed by atoms with E-state index in [1.807, 2.05) is 0 Å². The summed E-state index contributed by atoms with van der Waals surface area (Å²) < 4.78 is 0. The minimum Gasteiger partial charge on any atom is -0.396 e. The lowest BCUT2D eigenvalue weighted by Crippen LogP contribution is -2.06. The minimum atomic E-state index is 0.307. The Hall–Kier alpha value is -0.820. The molecule has 1 aliphatic rings. The van der Waals surface area contributed by atoms with Crippen LogP contribution in [0.25, 0.3) is 0 Å². The maximum absolute atomic E-state index is 9.16. The topological polar surface area (TPSA) is 20.2 Å². The van der Waals surface area contributed by atoms with Crippen molar-refractivity contribution in [3.05, 3.63) is 34.9 Å². The molecule has 0 radical (unpaired) electrons. The van der Waals surface area contributed by atoms with Crippen LogP contribution < -0.4 is 0 Å². The summed E-state index contributed by atoms with van der Waals surface area (Å²) in [7, 11) is 0. The van der Waals surface area contributed by atoms with E-state index in [1.54, 1.807) is 11.1 Å². The minimum absolute atomic E-state index is 0.307. The molecule has 17 heavy (non-hydrogen) atoms. The van der Waals surface area contributed by atoms with Gasteiger partial charge in [-0.3, -0.25) is 0 Å². The van der Waals surface area contributed by atoms with Crippen LogP contribution in [0.4, 0.5) is 0 Å². The number of aliphatic hydroxyl groups excluding tert-OH is 1. The van der Waals surface area contributed by atoms with Crippen LogP contribution >= 0.6 is 0 Å². The molecule has 0 heterocycles. The number of aryl methyl sites for hydroxylation is 2. The SMILES string of the molecule is CCCC(CCO)c1ccc2c(c1)CCCC2. The molecule has 94 valence electrons. The first-order valence-corrected chi connectivity index (χ1v) is 7.07. The number of fused-ring (bicyclic) bond motifs is 1. The quantitative estimate of drug-likeness (QED) is 0.818. The number of aliphatic hydroxyl groups is 1. The summed E-state index contributed by atoms with van der Waals surface area (Å²) in [5.41, 5.74) is 4.56. The molecule has 1 heteroatoms. The number of hydrogen-bond acceptors (Lipinski definition) is 1. The van der Waals surface area contributed by atoms with E-state index in [2.05, 4.69) is 25.1 Å². The Morgan fingerprint density at radius 2 is 1.88 bits per heavy atom. The molecule has 0 aliphatic heterocycles. The van der Waals surface area contributed by atoms with Gasteiger partial charge in [-0.2, -0.15) is 0 Å². The van der Waals surface area contributed by atoms with Gasteiger partial charge < -0.3 is 5.11 Å². The van der Waals surface area contributed by atoms with E-state index in [0.29, 0.717) is 12.5 Å². The molecule has 1 N–H and O–H groups in total. The Bertz CT molecular complexity index is 351. The van der Waals surface area contributed by atoms with Crippen molar-refractivity contribution < 1.29 is 5.11 Å². The van der Waals surface area contributed by atoms with Crippen LogP contribution in [0, 0.1) is 0 Å². The van der Waals surface area contributed by atoms with E-state index in [-0.39, 0.29) is 0 Å². The molecule has 0 fully saturated rings. The molecule has 1 nitrogen and oxygen atoms in total. The Morgan fingerprint density at radius 1 is 1.12 bits per heavy atom. The van der Waals surface area contributed by atoms with Gasteiger partial charge in [-0.25, -0.2) is 0 Å². The number of rotatable bonds is 5. The van der Waals surface area contributed by atoms with Gasteiger partial charge in [0.1, 0.15) is 0 Å². The molecule has 1 aromatic rings. The fourth-order valence-electron chi connectivity index (χ4n) is 2.99. The second-order valence-corrected chi connectivity index (χ2v) is 5.23. The predicted molar refractivity (Wildman–Crippen MR) is 72.4 cm³/mol. The van der Waals surface area contributed by atoms with Gasteiger partial charge in [0, 0.05) is 6.61 Å². The van der Waals surface area contributed by atoms with E-state index >= 15 is 0 Å². The van der Waals surface area contributed by atoms with E-state index in [0.717, 1.165) is 6.42 Å². The molecule has 0 saturated heterocycles. The van der Waals surface area contributed by atoms with Crippen molar-refractivity contribution in [1.82, 2.24) is 0 Å². The summed E-state index contributed by atoms with van der Waals surface area (Å²) in [5, 5.41) is 9.16. The van der Waals surface area contributed by atoms with Crippen molar-refractivity contribution in [2.75, 3.05) is 6.61 Å². The molecule has 1 unspecified atom stereocenters. The molecule has 1 atom stereocenters. The molecular weight excluding hydrogens is 208 g/mol. The van der Waals surface area contributed by atoms with Crippen LogP contribution in [0.3, 0.4) is 0 Å². The summed E-state index contributed by atoms with van der Waals surface area (Å²) >= 11 is 0. The van der Waals surface area contributed by atoms with Gasteiger partial charge in [0.15, 0.2) is 0 Å². The summed E-state index contributed by atoms with van der Waals surface area (Å²) in [5.74, 6) is 0.553. The van der Waals surface area contributed by atoms with Crippen LogP contribution in [0.15, 0.2) is 18.2 Å². The fraction of sp³-hybridized carbons (Fsp3) is 0.625. The van der Waals surface area contributed by atoms with Crippen LogP contribution in [-0.2, 0) is 12.8 Å². The molecule has 0 aromatic heterocycles. The average Bonchev–Trinajstić information content (AvgIpc) is 2.38. The molecule has 1 aliphatic carbocycles. The molecule has 1 aromatic carbocycles. The monoisotopic (exact) mass is 232 g/mol. The van der Waals surface area contributed by atoms with Gasteiger partial charge in [-0.15, -0.1) is 0 Å². The van der Waals surface area contributed by atoms with E-state index in [9.17, 15) is 0 Å². The zero-order chi connectivity index (χ0) is 12.1. The van der Waals surface area contributed by atoms with E-state index in [1.165, 1.54) is 44.1 Å². The maximum atomic E-state index is 9.16. The van der Waals surface area contributed by atoms with Crippen LogP contribution in [0.2, 0.25) is 0 Å². The van der Waals surface area contributed by atoms with E-state index < -0.39 is 0 Å². The Morgan fingerprint density at radius 3 is 2.59 bits per heavy atom. The highest BCUT2D eigenvalue weighted by molar-refractivity contribution is 5.35. The lowest BCUT2D eigenvalue weighted by Gasteiger charge is -2.20. The second kappa shape index (κ2) is 6.20. The number of benzene rings is 1. The van der Waals surface area contributed by atoms with Crippen molar-refractivity contribution >= 4 is 0 Å². The fourth-order valence-corrected chi connectivity index (χ4v) is 2.99. The Balaban J connectivity index is 2.18. The molecule has 0 amide bonds. The van der Waals surface area contributed by atoms with Gasteiger partial charge in [-0.1, -0.05) is 31.5 Å². The highest BCUT2D eigenvalue weighted by Gasteiger charge is 2.14. The lowest BCUT2D eigenvalue weighted by atomic mass is 9.85. The van der Waals surface area contributed by atoms with Gasteiger partial charge in [0.25, 0.3) is 0 Å². The van der Waals surface area contributed by atoms with Crippen molar-refractivity contribution in [3.63, 3.8) is 0 Å². The van der Waals surface area contributed by atoms with Crippen LogP contribution in [-0.4, -0.2) is 11.7 Å². The van der Waals surface area contributed by atoms with Gasteiger partial charge in [0.05, 0.1) is 0 Å². The van der Waals surface area contributed by atoms with E-state index in [4.69, 9.17) is 5.11 Å². The first-order valence-electron chi connectivity index (χ1n) is 7.07. The maximum Gasteiger partial charge on any atom is 0.0436 e. The highest BCUT2D eigenvalue weighted by Crippen LogP contribution is 2.29. The molecular formula is C16H24O. The Labute approximate surface area is 105 Å². The van der Waals surface area contributed by atoms with Crippen molar-refractivity contribution in [2.45, 2.75) is 57.8 Å². The van der Waals surface area contributed by atoms with Crippen LogP contribution in [0.1, 0.15) is 61.6 Å². The van der Waals surface area contributed by atoms with Crippen molar-refractivity contribution in [2.24, 2.45) is 0 Å². The van der Waals surface area contributed by atoms with Gasteiger partial charge >= 0.3 is 0 Å². The zero-order valence-electron chi connectivity index (χ0n) is 10.9. The number of hydrogen-bond donors (Lipinski definition) is 1. The highest BCUT2D eigenvalue weighted by atomic mass is 16.3. The standard InChI is InChI=1S/C16H24O/c1-2-5-13(10-11-17)16-9-8-14-6-3-4-7-15(14)12-16/h8-9,12-13,17H,2-7,10-11H2,1H3. The van der Waals surface area contributed by atoms with Gasteiger partial charge in [-0.05, 0) is 61.1 Å². The molecule has 0 spiro atoms. The van der Waals surface area contributed by atoms with Gasteiger partial charge in [0.2, 0.25) is 0 Å². The predicted octanol–water partition coefficient (Wildman–Crippen LogP) is 3.83. The zero-order valence-corrected chi connectivity index (χ0v) is 10.9. The Kier molecular flexibility index (Phi) is 4.61. The largest absolute Gasteiger partial charge is 0.396 e. The smallest absolute Gasteiger partial charge is 0.0436 e.